The van der Waals surface area contributed by atoms with Gasteiger partial charge < -0.3 is 20.3 Å². The van der Waals surface area contributed by atoms with Gasteiger partial charge in [0, 0.05) is 16.6 Å². The van der Waals surface area contributed by atoms with Crippen molar-refractivity contribution >= 4 is 22.9 Å². The van der Waals surface area contributed by atoms with E-state index in [0.29, 0.717) is 23.1 Å². The van der Waals surface area contributed by atoms with E-state index >= 15 is 0 Å². The minimum absolute atomic E-state index is 0.0226. The van der Waals surface area contributed by atoms with Gasteiger partial charge in [0.05, 0.1) is 6.21 Å². The minimum atomic E-state index is -0.493. The van der Waals surface area contributed by atoms with Gasteiger partial charge in [-0.25, -0.2) is 14.4 Å². The highest BCUT2D eigenvalue weighted by Gasteiger charge is 2.15. The molecular weight excluding hydrogens is 373 g/mol. The molecule has 0 spiro atoms. The first kappa shape index (κ1) is 18.4. The van der Waals surface area contributed by atoms with Gasteiger partial charge in [-0.05, 0) is 30.7 Å². The standard InChI is InChI=1S/C21H18FN5O2/c1-13-9-15-17(27-13)7-8-18(19(15)22)29-21-16(20(23)24-12-25-21)10-26-28-11-14-5-3-2-4-6-14/h2-10,12,27H,11H2,1H3,(H2,23,24,25)/b26-10+. The SMILES string of the molecule is Cc1cc2c(F)c(Oc3ncnc(N)c3/C=N/OCc3ccccc3)ccc2[nH]1. The molecule has 0 fully saturated rings. The van der Waals surface area contributed by atoms with Crippen LogP contribution in [0.2, 0.25) is 0 Å². The van der Waals surface area contributed by atoms with Gasteiger partial charge in [0.15, 0.2) is 11.6 Å². The van der Waals surface area contributed by atoms with Crippen molar-refractivity contribution in [3.05, 3.63) is 77.5 Å². The molecule has 0 atom stereocenters. The second-order valence-corrected chi connectivity index (χ2v) is 6.36. The Morgan fingerprint density at radius 2 is 2.00 bits per heavy atom. The summed E-state index contributed by atoms with van der Waals surface area (Å²) in [5, 5.41) is 4.35. The molecule has 2 heterocycles. The van der Waals surface area contributed by atoms with Gasteiger partial charge in [-0.3, -0.25) is 0 Å². The number of aromatic nitrogens is 3. The molecule has 8 heteroatoms. The van der Waals surface area contributed by atoms with Crippen LogP contribution in [0.25, 0.3) is 10.9 Å². The lowest BCUT2D eigenvalue weighted by molar-refractivity contribution is 0.132. The Hall–Kier alpha value is -3.94. The van der Waals surface area contributed by atoms with Crippen LogP contribution in [-0.2, 0) is 11.4 Å². The average Bonchev–Trinajstić information content (AvgIpc) is 3.11. The highest BCUT2D eigenvalue weighted by molar-refractivity contribution is 5.88. The summed E-state index contributed by atoms with van der Waals surface area (Å²) in [4.78, 5) is 16.4. The molecule has 4 rings (SSSR count). The maximum Gasteiger partial charge on any atom is 0.233 e. The Bertz CT molecular complexity index is 1170. The summed E-state index contributed by atoms with van der Waals surface area (Å²) in [6.07, 6.45) is 2.59. The number of aromatic amines is 1. The van der Waals surface area contributed by atoms with Crippen LogP contribution in [0.5, 0.6) is 11.6 Å². The smallest absolute Gasteiger partial charge is 0.233 e. The fourth-order valence-electron chi connectivity index (χ4n) is 2.84. The van der Waals surface area contributed by atoms with Gasteiger partial charge in [-0.1, -0.05) is 35.5 Å². The summed E-state index contributed by atoms with van der Waals surface area (Å²) in [7, 11) is 0. The van der Waals surface area contributed by atoms with Crippen molar-refractivity contribution in [3.8, 4) is 11.6 Å². The number of anilines is 1. The van der Waals surface area contributed by atoms with E-state index in [1.54, 1.807) is 12.1 Å². The Kier molecular flexibility index (Phi) is 5.07. The first-order chi connectivity index (χ1) is 14.1. The van der Waals surface area contributed by atoms with Gasteiger partial charge >= 0.3 is 0 Å². The molecule has 0 radical (unpaired) electrons. The van der Waals surface area contributed by atoms with Crippen LogP contribution in [0.3, 0.4) is 0 Å². The normalized spacial score (nSPS) is 11.2. The number of oxime groups is 1. The van der Waals surface area contributed by atoms with Crippen LogP contribution >= 0.6 is 0 Å². The van der Waals surface area contributed by atoms with Crippen LogP contribution in [0.4, 0.5) is 10.2 Å². The van der Waals surface area contributed by atoms with Crippen molar-refractivity contribution in [2.24, 2.45) is 5.16 Å². The molecule has 4 aromatic rings. The van der Waals surface area contributed by atoms with E-state index in [1.165, 1.54) is 18.6 Å². The quantitative estimate of drug-likeness (QED) is 0.376. The third-order valence-electron chi connectivity index (χ3n) is 4.25. The molecule has 7 nitrogen and oxygen atoms in total. The van der Waals surface area contributed by atoms with E-state index in [1.807, 2.05) is 37.3 Å². The summed E-state index contributed by atoms with van der Waals surface area (Å²) >= 11 is 0. The minimum Gasteiger partial charge on any atom is -0.435 e. The van der Waals surface area contributed by atoms with Crippen molar-refractivity contribution in [3.63, 3.8) is 0 Å². The average molecular weight is 391 g/mol. The highest BCUT2D eigenvalue weighted by atomic mass is 19.1. The fraction of sp³-hybridized carbons (Fsp3) is 0.0952. The second-order valence-electron chi connectivity index (χ2n) is 6.36. The number of fused-ring (bicyclic) bond motifs is 1. The number of benzene rings is 2. The summed E-state index contributed by atoms with van der Waals surface area (Å²) in [6.45, 7) is 2.15. The number of hydrogen-bond acceptors (Lipinski definition) is 6. The topological polar surface area (TPSA) is 98.4 Å². The zero-order valence-corrected chi connectivity index (χ0v) is 15.6. The van der Waals surface area contributed by atoms with Gasteiger partial charge in [-0.15, -0.1) is 0 Å². The fourth-order valence-corrected chi connectivity index (χ4v) is 2.84. The van der Waals surface area contributed by atoms with Crippen LogP contribution < -0.4 is 10.5 Å². The van der Waals surface area contributed by atoms with Crippen molar-refractivity contribution in [2.75, 3.05) is 5.73 Å². The lowest BCUT2D eigenvalue weighted by Crippen LogP contribution is -2.03. The zero-order valence-electron chi connectivity index (χ0n) is 15.6. The molecule has 146 valence electrons. The number of H-pyrrole nitrogens is 1. The Balaban J connectivity index is 1.56. The van der Waals surface area contributed by atoms with Crippen LogP contribution in [0.1, 0.15) is 16.8 Å². The molecule has 0 saturated heterocycles. The molecule has 2 aromatic heterocycles. The molecule has 0 amide bonds. The van der Waals surface area contributed by atoms with Gasteiger partial charge in [0.2, 0.25) is 5.88 Å². The monoisotopic (exact) mass is 391 g/mol. The van der Waals surface area contributed by atoms with E-state index in [9.17, 15) is 4.39 Å². The number of hydrogen-bond donors (Lipinski definition) is 2. The maximum atomic E-state index is 14.8. The summed E-state index contributed by atoms with van der Waals surface area (Å²) in [6, 6.07) is 14.6. The van der Waals surface area contributed by atoms with Gasteiger partial charge in [0.25, 0.3) is 0 Å². The van der Waals surface area contributed by atoms with Crippen LogP contribution in [-0.4, -0.2) is 21.2 Å². The lowest BCUT2D eigenvalue weighted by atomic mass is 10.2. The van der Waals surface area contributed by atoms with Crippen molar-refractivity contribution in [2.45, 2.75) is 13.5 Å². The third kappa shape index (κ3) is 4.01. The maximum absolute atomic E-state index is 14.8. The Morgan fingerprint density at radius 1 is 1.17 bits per heavy atom. The largest absolute Gasteiger partial charge is 0.435 e. The lowest BCUT2D eigenvalue weighted by Gasteiger charge is -2.09. The van der Waals surface area contributed by atoms with Gasteiger partial charge in [-0.2, -0.15) is 0 Å². The number of nitrogen functional groups attached to an aromatic ring is 1. The number of nitrogens with zero attached hydrogens (tertiary/aromatic N) is 3. The first-order valence-electron chi connectivity index (χ1n) is 8.87. The van der Waals surface area contributed by atoms with E-state index in [4.69, 9.17) is 15.3 Å². The summed E-state index contributed by atoms with van der Waals surface area (Å²) in [5.74, 6) is -0.252. The van der Waals surface area contributed by atoms with Crippen molar-refractivity contribution in [1.29, 1.82) is 0 Å². The molecule has 0 aliphatic heterocycles. The molecule has 0 saturated carbocycles. The van der Waals surface area contributed by atoms with Gasteiger partial charge in [0.1, 0.15) is 24.3 Å². The number of rotatable bonds is 6. The predicted molar refractivity (Wildman–Crippen MR) is 108 cm³/mol. The number of nitrogens with one attached hydrogen (secondary N) is 1. The number of aryl methyl sites for hydroxylation is 1. The molecule has 0 aliphatic rings. The molecule has 0 unspecified atom stereocenters. The third-order valence-corrected chi connectivity index (χ3v) is 4.25. The number of nitrogens with two attached hydrogens (primary N) is 1. The highest BCUT2D eigenvalue weighted by Crippen LogP contribution is 2.31. The Labute approximate surface area is 166 Å². The van der Waals surface area contributed by atoms with E-state index in [2.05, 4.69) is 20.1 Å². The van der Waals surface area contributed by atoms with E-state index in [-0.39, 0.29) is 17.4 Å². The molecule has 29 heavy (non-hydrogen) atoms. The molecule has 0 aliphatic carbocycles. The van der Waals surface area contributed by atoms with Crippen molar-refractivity contribution < 1.29 is 14.0 Å². The second kappa shape index (κ2) is 7.97. The summed E-state index contributed by atoms with van der Waals surface area (Å²) in [5.41, 5.74) is 8.73. The Morgan fingerprint density at radius 3 is 2.83 bits per heavy atom. The summed E-state index contributed by atoms with van der Waals surface area (Å²) < 4.78 is 20.5. The molecule has 0 bridgehead atoms. The van der Waals surface area contributed by atoms with Crippen LogP contribution in [0.15, 0.2) is 60.0 Å². The predicted octanol–water partition coefficient (Wildman–Crippen LogP) is 4.33. The molecule has 3 N–H and O–H groups in total. The van der Waals surface area contributed by atoms with E-state index < -0.39 is 5.82 Å². The van der Waals surface area contributed by atoms with Crippen LogP contribution in [0, 0.1) is 12.7 Å². The molecular formula is C21H18FN5O2. The first-order valence-corrected chi connectivity index (χ1v) is 8.87. The number of halogens is 1. The van der Waals surface area contributed by atoms with E-state index in [0.717, 1.165) is 11.3 Å². The molecule has 2 aromatic carbocycles. The van der Waals surface area contributed by atoms with Crippen molar-refractivity contribution in [1.82, 2.24) is 15.0 Å². The number of ether oxygens (including phenoxy) is 1. The zero-order chi connectivity index (χ0) is 20.2.